The fraction of sp³-hybridized carbons (Fsp3) is 0.125. The molecule has 2 nitrogen and oxygen atoms in total. The molecule has 21 heavy (non-hydrogen) atoms. The summed E-state index contributed by atoms with van der Waals surface area (Å²) in [6.45, 7) is 3.97. The Hall–Kier alpha value is -1.71. The fourth-order valence-electron chi connectivity index (χ4n) is 2.36. The van der Waals surface area contributed by atoms with E-state index in [1.54, 1.807) is 0 Å². The SMILES string of the molecule is Cc1cc(C)cc(-c2nc(Cl)c3c(Cl)ccc(F)c3n2)c1. The zero-order valence-corrected chi connectivity index (χ0v) is 12.9. The topological polar surface area (TPSA) is 25.8 Å². The molecule has 0 unspecified atom stereocenters. The number of fused-ring (bicyclic) bond motifs is 1. The predicted octanol–water partition coefficient (Wildman–Crippen LogP) is 5.36. The molecule has 0 amide bonds. The molecule has 0 saturated heterocycles. The van der Waals surface area contributed by atoms with Crippen molar-refractivity contribution in [1.82, 2.24) is 9.97 Å². The molecule has 0 aliphatic heterocycles. The summed E-state index contributed by atoms with van der Waals surface area (Å²) in [5.41, 5.74) is 3.10. The van der Waals surface area contributed by atoms with Gasteiger partial charge in [-0.05, 0) is 38.1 Å². The third-order valence-corrected chi connectivity index (χ3v) is 3.77. The average molecular weight is 321 g/mol. The van der Waals surface area contributed by atoms with E-state index in [-0.39, 0.29) is 10.7 Å². The minimum Gasteiger partial charge on any atom is -0.225 e. The van der Waals surface area contributed by atoms with Crippen molar-refractivity contribution in [3.63, 3.8) is 0 Å². The van der Waals surface area contributed by atoms with Gasteiger partial charge in [0.25, 0.3) is 0 Å². The van der Waals surface area contributed by atoms with E-state index in [9.17, 15) is 4.39 Å². The van der Waals surface area contributed by atoms with Crippen molar-refractivity contribution in [2.24, 2.45) is 0 Å². The average Bonchev–Trinajstić information content (AvgIpc) is 2.41. The molecular weight excluding hydrogens is 310 g/mol. The summed E-state index contributed by atoms with van der Waals surface area (Å²) < 4.78 is 14.0. The minimum atomic E-state index is -0.468. The van der Waals surface area contributed by atoms with Crippen LogP contribution >= 0.6 is 23.2 Å². The van der Waals surface area contributed by atoms with Crippen LogP contribution in [0.2, 0.25) is 10.2 Å². The van der Waals surface area contributed by atoms with Crippen molar-refractivity contribution in [2.45, 2.75) is 13.8 Å². The Labute approximate surface area is 131 Å². The van der Waals surface area contributed by atoms with Gasteiger partial charge in [-0.25, -0.2) is 14.4 Å². The van der Waals surface area contributed by atoms with Crippen LogP contribution in [0.3, 0.4) is 0 Å². The van der Waals surface area contributed by atoms with Crippen molar-refractivity contribution in [3.8, 4) is 11.4 Å². The monoisotopic (exact) mass is 320 g/mol. The fourth-order valence-corrected chi connectivity index (χ4v) is 2.92. The van der Waals surface area contributed by atoms with E-state index in [2.05, 4.69) is 9.97 Å². The molecule has 106 valence electrons. The van der Waals surface area contributed by atoms with Gasteiger partial charge in [-0.1, -0.05) is 40.4 Å². The van der Waals surface area contributed by atoms with Gasteiger partial charge in [-0.3, -0.25) is 0 Å². The summed E-state index contributed by atoms with van der Waals surface area (Å²) >= 11 is 12.2. The molecule has 0 saturated carbocycles. The lowest BCUT2D eigenvalue weighted by Crippen LogP contribution is -1.95. The highest BCUT2D eigenvalue weighted by Gasteiger charge is 2.14. The number of benzene rings is 2. The number of aromatic nitrogens is 2. The molecule has 3 rings (SSSR count). The number of nitrogens with zero attached hydrogens (tertiary/aromatic N) is 2. The van der Waals surface area contributed by atoms with Crippen LogP contribution in [0, 0.1) is 19.7 Å². The summed E-state index contributed by atoms with van der Waals surface area (Å²) in [4.78, 5) is 8.55. The number of halogens is 3. The van der Waals surface area contributed by atoms with E-state index < -0.39 is 5.82 Å². The standard InChI is InChI=1S/C16H11Cl2FN2/c1-8-5-9(2)7-10(6-8)16-20-14-12(19)4-3-11(17)13(14)15(18)21-16/h3-7H,1-2H3. The summed E-state index contributed by atoms with van der Waals surface area (Å²) in [5, 5.41) is 0.827. The lowest BCUT2D eigenvalue weighted by atomic mass is 10.1. The van der Waals surface area contributed by atoms with Crippen LogP contribution in [-0.4, -0.2) is 9.97 Å². The van der Waals surface area contributed by atoms with Crippen LogP contribution in [0.1, 0.15) is 11.1 Å². The molecule has 2 aromatic carbocycles. The van der Waals surface area contributed by atoms with Gasteiger partial charge in [0.05, 0.1) is 10.4 Å². The van der Waals surface area contributed by atoms with Crippen LogP contribution in [-0.2, 0) is 0 Å². The van der Waals surface area contributed by atoms with Crippen LogP contribution in [0.5, 0.6) is 0 Å². The summed E-state index contributed by atoms with van der Waals surface area (Å²) in [6.07, 6.45) is 0. The van der Waals surface area contributed by atoms with Crippen molar-refractivity contribution in [1.29, 1.82) is 0 Å². The van der Waals surface area contributed by atoms with E-state index in [1.165, 1.54) is 12.1 Å². The number of hydrogen-bond acceptors (Lipinski definition) is 2. The Kier molecular flexibility index (Phi) is 3.56. The van der Waals surface area contributed by atoms with Gasteiger partial charge >= 0.3 is 0 Å². The molecule has 0 aliphatic carbocycles. The van der Waals surface area contributed by atoms with Gasteiger partial charge in [0, 0.05) is 5.56 Å². The van der Waals surface area contributed by atoms with Gasteiger partial charge in [0.15, 0.2) is 5.82 Å². The second-order valence-electron chi connectivity index (χ2n) is 4.97. The van der Waals surface area contributed by atoms with E-state index in [0.29, 0.717) is 16.2 Å². The molecule has 5 heteroatoms. The molecule has 0 bridgehead atoms. The number of rotatable bonds is 1. The lowest BCUT2D eigenvalue weighted by molar-refractivity contribution is 0.636. The summed E-state index contributed by atoms with van der Waals surface area (Å²) in [5.74, 6) is -0.0789. The van der Waals surface area contributed by atoms with Gasteiger partial charge in [0.2, 0.25) is 0 Å². The number of aryl methyl sites for hydroxylation is 2. The summed E-state index contributed by atoms with van der Waals surface area (Å²) in [6, 6.07) is 8.65. The first-order valence-corrected chi connectivity index (χ1v) is 7.11. The first-order valence-electron chi connectivity index (χ1n) is 6.35. The zero-order valence-electron chi connectivity index (χ0n) is 11.4. The van der Waals surface area contributed by atoms with Gasteiger partial charge < -0.3 is 0 Å². The van der Waals surface area contributed by atoms with Gasteiger partial charge in [-0.15, -0.1) is 0 Å². The first-order chi connectivity index (χ1) is 9.95. The highest BCUT2D eigenvalue weighted by molar-refractivity contribution is 6.41. The van der Waals surface area contributed by atoms with E-state index in [4.69, 9.17) is 23.2 Å². The molecule has 0 spiro atoms. The second kappa shape index (κ2) is 5.24. The quantitative estimate of drug-likeness (QED) is 0.564. The van der Waals surface area contributed by atoms with Gasteiger partial charge in [-0.2, -0.15) is 0 Å². The maximum absolute atomic E-state index is 14.0. The highest BCUT2D eigenvalue weighted by Crippen LogP contribution is 2.32. The molecule has 0 N–H and O–H groups in total. The smallest absolute Gasteiger partial charge is 0.161 e. The predicted molar refractivity (Wildman–Crippen MR) is 84.4 cm³/mol. The van der Waals surface area contributed by atoms with E-state index >= 15 is 0 Å². The Morgan fingerprint density at radius 1 is 0.952 bits per heavy atom. The van der Waals surface area contributed by atoms with Crippen LogP contribution < -0.4 is 0 Å². The van der Waals surface area contributed by atoms with Crippen molar-refractivity contribution < 1.29 is 4.39 Å². The molecule has 0 aliphatic rings. The molecule has 1 heterocycles. The van der Waals surface area contributed by atoms with Crippen LogP contribution in [0.25, 0.3) is 22.3 Å². The maximum Gasteiger partial charge on any atom is 0.161 e. The van der Waals surface area contributed by atoms with Crippen LogP contribution in [0.15, 0.2) is 30.3 Å². The van der Waals surface area contributed by atoms with Gasteiger partial charge in [0.1, 0.15) is 16.5 Å². The summed E-state index contributed by atoms with van der Waals surface area (Å²) in [7, 11) is 0. The third-order valence-electron chi connectivity index (χ3n) is 3.19. The normalized spacial score (nSPS) is 11.1. The van der Waals surface area contributed by atoms with E-state index in [0.717, 1.165) is 16.7 Å². The zero-order chi connectivity index (χ0) is 15.1. The Morgan fingerprint density at radius 3 is 2.29 bits per heavy atom. The minimum absolute atomic E-state index is 0.136. The Bertz CT molecular complexity index is 842. The molecule has 0 atom stereocenters. The Balaban J connectivity index is 2.32. The molecule has 3 aromatic rings. The molecule has 0 fully saturated rings. The second-order valence-corrected chi connectivity index (χ2v) is 5.73. The van der Waals surface area contributed by atoms with Crippen molar-refractivity contribution in [2.75, 3.05) is 0 Å². The molecule has 1 aromatic heterocycles. The maximum atomic E-state index is 14.0. The third kappa shape index (κ3) is 2.59. The van der Waals surface area contributed by atoms with Crippen LogP contribution in [0.4, 0.5) is 4.39 Å². The number of hydrogen-bond donors (Lipinski definition) is 0. The molecular formula is C16H11Cl2FN2. The van der Waals surface area contributed by atoms with Crippen molar-refractivity contribution >= 4 is 34.1 Å². The van der Waals surface area contributed by atoms with E-state index in [1.807, 2.05) is 32.0 Å². The largest absolute Gasteiger partial charge is 0.225 e. The van der Waals surface area contributed by atoms with Crippen molar-refractivity contribution in [3.05, 3.63) is 57.5 Å². The highest BCUT2D eigenvalue weighted by atomic mass is 35.5. The first kappa shape index (κ1) is 14.2. The molecule has 0 radical (unpaired) electrons. The Morgan fingerprint density at radius 2 is 1.62 bits per heavy atom. The lowest BCUT2D eigenvalue weighted by Gasteiger charge is -2.08.